The lowest BCUT2D eigenvalue weighted by Crippen LogP contribution is -2.37. The molecule has 4 heteroatoms. The zero-order valence-electron chi connectivity index (χ0n) is 12.3. The van der Waals surface area contributed by atoms with E-state index in [2.05, 4.69) is 36.2 Å². The zero-order chi connectivity index (χ0) is 13.9. The van der Waals surface area contributed by atoms with Gasteiger partial charge in [-0.2, -0.15) is 0 Å². The Kier molecular flexibility index (Phi) is 4.53. The highest BCUT2D eigenvalue weighted by Crippen LogP contribution is 2.42. The van der Waals surface area contributed by atoms with Crippen LogP contribution >= 0.6 is 0 Å². The van der Waals surface area contributed by atoms with Crippen molar-refractivity contribution in [1.82, 2.24) is 15.4 Å². The van der Waals surface area contributed by atoms with Crippen LogP contribution in [0.1, 0.15) is 58.2 Å². The SMILES string of the molecule is CC(C)(C)C1CCC(C(NN)c2cnccn2)CC1. The maximum atomic E-state index is 5.74. The lowest BCUT2D eigenvalue weighted by molar-refractivity contribution is 0.131. The molecule has 4 nitrogen and oxygen atoms in total. The number of nitrogens with two attached hydrogens (primary N) is 1. The van der Waals surface area contributed by atoms with Gasteiger partial charge in [0, 0.05) is 12.4 Å². The van der Waals surface area contributed by atoms with Crippen LogP contribution < -0.4 is 11.3 Å². The largest absolute Gasteiger partial charge is 0.271 e. The number of nitrogens with one attached hydrogen (secondary N) is 1. The number of hydrogen-bond acceptors (Lipinski definition) is 4. The fourth-order valence-corrected chi connectivity index (χ4v) is 3.25. The van der Waals surface area contributed by atoms with Gasteiger partial charge in [-0.25, -0.2) is 0 Å². The van der Waals surface area contributed by atoms with Gasteiger partial charge >= 0.3 is 0 Å². The number of hydrazine groups is 1. The third-order valence-corrected chi connectivity index (χ3v) is 4.55. The average Bonchev–Trinajstić information content (AvgIpc) is 2.40. The molecule has 1 atom stereocenters. The molecular weight excluding hydrogens is 236 g/mol. The van der Waals surface area contributed by atoms with Crippen molar-refractivity contribution in [2.75, 3.05) is 0 Å². The maximum absolute atomic E-state index is 5.74. The van der Waals surface area contributed by atoms with Crippen molar-refractivity contribution in [3.63, 3.8) is 0 Å². The minimum absolute atomic E-state index is 0.134. The van der Waals surface area contributed by atoms with E-state index in [1.807, 2.05) is 6.20 Å². The summed E-state index contributed by atoms with van der Waals surface area (Å²) in [5, 5.41) is 0. The van der Waals surface area contributed by atoms with Crippen LogP contribution in [0.3, 0.4) is 0 Å². The molecule has 2 rings (SSSR count). The molecule has 3 N–H and O–H groups in total. The second-order valence-corrected chi connectivity index (χ2v) is 6.75. The molecule has 1 aromatic rings. The van der Waals surface area contributed by atoms with E-state index in [1.165, 1.54) is 25.7 Å². The minimum atomic E-state index is 0.134. The quantitative estimate of drug-likeness (QED) is 0.649. The highest BCUT2D eigenvalue weighted by atomic mass is 15.2. The van der Waals surface area contributed by atoms with Gasteiger partial charge < -0.3 is 0 Å². The van der Waals surface area contributed by atoms with E-state index >= 15 is 0 Å². The van der Waals surface area contributed by atoms with Crippen molar-refractivity contribution in [3.8, 4) is 0 Å². The standard InChI is InChI=1S/C15H26N4/c1-15(2,3)12-6-4-11(5-7-12)14(19-16)13-10-17-8-9-18-13/h8-12,14,19H,4-7,16H2,1-3H3. The predicted octanol–water partition coefficient (Wildman–Crippen LogP) is 2.83. The van der Waals surface area contributed by atoms with Crippen molar-refractivity contribution < 1.29 is 0 Å². The van der Waals surface area contributed by atoms with Crippen molar-refractivity contribution in [1.29, 1.82) is 0 Å². The van der Waals surface area contributed by atoms with Gasteiger partial charge in [-0.15, -0.1) is 0 Å². The van der Waals surface area contributed by atoms with Crippen LogP contribution in [0.5, 0.6) is 0 Å². The average molecular weight is 262 g/mol. The van der Waals surface area contributed by atoms with E-state index in [4.69, 9.17) is 5.84 Å². The summed E-state index contributed by atoms with van der Waals surface area (Å²) in [6.45, 7) is 7.04. The van der Waals surface area contributed by atoms with E-state index in [-0.39, 0.29) is 6.04 Å². The Morgan fingerprint density at radius 3 is 2.37 bits per heavy atom. The highest BCUT2D eigenvalue weighted by Gasteiger charge is 2.33. The molecule has 1 aromatic heterocycles. The summed E-state index contributed by atoms with van der Waals surface area (Å²) in [5.74, 6) is 7.13. The molecule has 0 bridgehead atoms. The number of hydrogen-bond donors (Lipinski definition) is 2. The van der Waals surface area contributed by atoms with Gasteiger partial charge in [-0.1, -0.05) is 20.8 Å². The molecule has 1 unspecified atom stereocenters. The van der Waals surface area contributed by atoms with Crippen LogP contribution in [0.25, 0.3) is 0 Å². The van der Waals surface area contributed by atoms with E-state index in [1.54, 1.807) is 12.4 Å². The lowest BCUT2D eigenvalue weighted by Gasteiger charge is -2.39. The molecule has 0 aromatic carbocycles. The van der Waals surface area contributed by atoms with Gasteiger partial charge in [0.1, 0.15) is 0 Å². The molecule has 0 amide bonds. The van der Waals surface area contributed by atoms with Crippen molar-refractivity contribution in [2.24, 2.45) is 23.1 Å². The molecule has 0 spiro atoms. The predicted molar refractivity (Wildman–Crippen MR) is 77.0 cm³/mol. The Hall–Kier alpha value is -1.00. The first-order valence-electron chi connectivity index (χ1n) is 7.24. The van der Waals surface area contributed by atoms with E-state index in [0.29, 0.717) is 11.3 Å². The Morgan fingerprint density at radius 1 is 1.21 bits per heavy atom. The molecule has 1 aliphatic carbocycles. The minimum Gasteiger partial charge on any atom is -0.271 e. The van der Waals surface area contributed by atoms with E-state index < -0.39 is 0 Å². The van der Waals surface area contributed by atoms with Gasteiger partial charge in [0.25, 0.3) is 0 Å². The first-order valence-corrected chi connectivity index (χ1v) is 7.24. The van der Waals surface area contributed by atoms with Gasteiger partial charge in [0.15, 0.2) is 0 Å². The first-order chi connectivity index (χ1) is 9.02. The highest BCUT2D eigenvalue weighted by molar-refractivity contribution is 5.04. The van der Waals surface area contributed by atoms with Crippen LogP contribution in [0, 0.1) is 17.3 Å². The summed E-state index contributed by atoms with van der Waals surface area (Å²) < 4.78 is 0. The van der Waals surface area contributed by atoms with Crippen LogP contribution in [-0.4, -0.2) is 9.97 Å². The van der Waals surface area contributed by atoms with Crippen LogP contribution in [-0.2, 0) is 0 Å². The summed E-state index contributed by atoms with van der Waals surface area (Å²) in [5.41, 5.74) is 4.32. The molecule has 1 heterocycles. The van der Waals surface area contributed by atoms with Crippen LogP contribution in [0.4, 0.5) is 0 Å². The van der Waals surface area contributed by atoms with Crippen LogP contribution in [0.2, 0.25) is 0 Å². The molecule has 0 saturated heterocycles. The Labute approximate surface area is 116 Å². The topological polar surface area (TPSA) is 63.8 Å². The monoisotopic (exact) mass is 262 g/mol. The van der Waals surface area contributed by atoms with Gasteiger partial charge in [0.05, 0.1) is 17.9 Å². The van der Waals surface area contributed by atoms with Crippen molar-refractivity contribution >= 4 is 0 Å². The molecule has 1 fully saturated rings. The molecule has 1 aliphatic rings. The summed E-state index contributed by atoms with van der Waals surface area (Å²) in [7, 11) is 0. The number of nitrogens with zero attached hydrogens (tertiary/aromatic N) is 2. The third-order valence-electron chi connectivity index (χ3n) is 4.55. The van der Waals surface area contributed by atoms with Gasteiger partial charge in [-0.05, 0) is 42.9 Å². The first kappa shape index (κ1) is 14.4. The second-order valence-electron chi connectivity index (χ2n) is 6.75. The summed E-state index contributed by atoms with van der Waals surface area (Å²) in [6, 6.07) is 0.134. The number of rotatable bonds is 3. The molecule has 0 aliphatic heterocycles. The van der Waals surface area contributed by atoms with Crippen LogP contribution in [0.15, 0.2) is 18.6 Å². The van der Waals surface area contributed by atoms with Crippen molar-refractivity contribution in [3.05, 3.63) is 24.3 Å². The Balaban J connectivity index is 2.00. The third kappa shape index (κ3) is 3.51. The normalized spacial score (nSPS) is 26.1. The van der Waals surface area contributed by atoms with Gasteiger partial charge in [0.2, 0.25) is 0 Å². The fourth-order valence-electron chi connectivity index (χ4n) is 3.25. The van der Waals surface area contributed by atoms with Gasteiger partial charge in [-0.3, -0.25) is 21.2 Å². The zero-order valence-corrected chi connectivity index (χ0v) is 12.3. The van der Waals surface area contributed by atoms with E-state index in [9.17, 15) is 0 Å². The maximum Gasteiger partial charge on any atom is 0.0772 e. The Bertz CT molecular complexity index is 377. The summed E-state index contributed by atoms with van der Waals surface area (Å²) >= 11 is 0. The summed E-state index contributed by atoms with van der Waals surface area (Å²) in [6.07, 6.45) is 10.3. The molecule has 0 radical (unpaired) electrons. The lowest BCUT2D eigenvalue weighted by atomic mass is 9.68. The van der Waals surface area contributed by atoms with Crippen molar-refractivity contribution in [2.45, 2.75) is 52.5 Å². The molecule has 19 heavy (non-hydrogen) atoms. The number of aromatic nitrogens is 2. The molecular formula is C15H26N4. The van der Waals surface area contributed by atoms with E-state index in [0.717, 1.165) is 11.6 Å². The second kappa shape index (κ2) is 5.97. The molecule has 106 valence electrons. The smallest absolute Gasteiger partial charge is 0.0772 e. The fraction of sp³-hybridized carbons (Fsp3) is 0.733. The summed E-state index contributed by atoms with van der Waals surface area (Å²) in [4.78, 5) is 8.53. The Morgan fingerprint density at radius 2 is 1.89 bits per heavy atom. The molecule has 1 saturated carbocycles.